The third-order valence-corrected chi connectivity index (χ3v) is 6.48. The largest absolute Gasteiger partial charge is 0.385 e. The average Bonchev–Trinajstić information content (AvgIpc) is 2.74. The van der Waals surface area contributed by atoms with Crippen LogP contribution in [0.4, 0.5) is 5.69 Å². The first-order chi connectivity index (χ1) is 14.9. The second-order valence-corrected chi connectivity index (χ2v) is 9.20. The van der Waals surface area contributed by atoms with E-state index in [1.54, 1.807) is 0 Å². The zero-order valence-electron chi connectivity index (χ0n) is 19.7. The van der Waals surface area contributed by atoms with Crippen molar-refractivity contribution in [3.05, 3.63) is 63.7 Å². The second kappa shape index (κ2) is 10.8. The minimum atomic E-state index is -0.546. The van der Waals surface area contributed by atoms with Gasteiger partial charge in [-0.05, 0) is 80.3 Å². The topological polar surface area (TPSA) is 67.2 Å². The number of aryl methyl sites for hydroxylation is 4. The number of hydrogen-bond donors (Lipinski definition) is 3. The predicted molar refractivity (Wildman–Crippen MR) is 131 cm³/mol. The molecule has 31 heavy (non-hydrogen) atoms. The SMILES string of the molecule is CCCCCCc1ccc2c(c1)[C@@H](NC(=O)[C@@H](N)Cc1c(C)cc(C)cc1C)CCN2. The van der Waals surface area contributed by atoms with Crippen LogP contribution >= 0.6 is 0 Å². The van der Waals surface area contributed by atoms with Crippen molar-refractivity contribution in [2.45, 2.75) is 84.7 Å². The molecule has 4 N–H and O–H groups in total. The van der Waals surface area contributed by atoms with E-state index in [9.17, 15) is 4.79 Å². The van der Waals surface area contributed by atoms with Crippen molar-refractivity contribution in [1.82, 2.24) is 5.32 Å². The van der Waals surface area contributed by atoms with Gasteiger partial charge in [0.25, 0.3) is 0 Å². The smallest absolute Gasteiger partial charge is 0.237 e. The lowest BCUT2D eigenvalue weighted by atomic mass is 9.92. The molecule has 0 fully saturated rings. The second-order valence-electron chi connectivity index (χ2n) is 9.20. The molecular formula is C27H39N3O. The molecule has 2 aromatic carbocycles. The van der Waals surface area contributed by atoms with E-state index in [1.807, 2.05) is 0 Å². The summed E-state index contributed by atoms with van der Waals surface area (Å²) in [6.07, 6.45) is 7.59. The number of anilines is 1. The number of nitrogens with two attached hydrogens (primary N) is 1. The van der Waals surface area contributed by atoms with E-state index >= 15 is 0 Å². The number of carbonyl (C=O) groups excluding carboxylic acids is 1. The van der Waals surface area contributed by atoms with Gasteiger partial charge in [-0.15, -0.1) is 0 Å². The van der Waals surface area contributed by atoms with Gasteiger partial charge >= 0.3 is 0 Å². The van der Waals surface area contributed by atoms with Gasteiger partial charge in [0.1, 0.15) is 0 Å². The number of fused-ring (bicyclic) bond motifs is 1. The molecule has 4 heteroatoms. The van der Waals surface area contributed by atoms with Crippen LogP contribution < -0.4 is 16.4 Å². The number of rotatable bonds is 9. The molecule has 1 aliphatic heterocycles. The highest BCUT2D eigenvalue weighted by atomic mass is 16.2. The summed E-state index contributed by atoms with van der Waals surface area (Å²) < 4.78 is 0. The highest BCUT2D eigenvalue weighted by Crippen LogP contribution is 2.31. The summed E-state index contributed by atoms with van der Waals surface area (Å²) in [5.41, 5.74) is 14.9. The lowest BCUT2D eigenvalue weighted by molar-refractivity contribution is -0.123. The van der Waals surface area contributed by atoms with Crippen molar-refractivity contribution in [3.63, 3.8) is 0 Å². The summed E-state index contributed by atoms with van der Waals surface area (Å²) in [6.45, 7) is 9.41. The first kappa shape index (κ1) is 23.3. The minimum Gasteiger partial charge on any atom is -0.385 e. The highest BCUT2D eigenvalue weighted by molar-refractivity contribution is 5.82. The Bertz CT molecular complexity index is 882. The summed E-state index contributed by atoms with van der Waals surface area (Å²) in [5, 5.41) is 6.72. The van der Waals surface area contributed by atoms with Gasteiger partial charge in [-0.2, -0.15) is 0 Å². The molecule has 2 aromatic rings. The number of hydrogen-bond acceptors (Lipinski definition) is 3. The van der Waals surface area contributed by atoms with Gasteiger partial charge in [-0.25, -0.2) is 0 Å². The molecule has 0 bridgehead atoms. The molecule has 1 aliphatic rings. The normalized spacial score (nSPS) is 16.4. The molecule has 0 saturated carbocycles. The van der Waals surface area contributed by atoms with Gasteiger partial charge in [0.05, 0.1) is 12.1 Å². The number of unbranched alkanes of at least 4 members (excludes halogenated alkanes) is 3. The zero-order valence-corrected chi connectivity index (χ0v) is 19.7. The zero-order chi connectivity index (χ0) is 22.4. The maximum absolute atomic E-state index is 13.0. The molecule has 0 unspecified atom stereocenters. The van der Waals surface area contributed by atoms with Crippen LogP contribution in [0.2, 0.25) is 0 Å². The van der Waals surface area contributed by atoms with Crippen LogP contribution in [0.25, 0.3) is 0 Å². The summed E-state index contributed by atoms with van der Waals surface area (Å²) in [6, 6.07) is 10.5. The van der Waals surface area contributed by atoms with Crippen LogP contribution in [0.3, 0.4) is 0 Å². The maximum Gasteiger partial charge on any atom is 0.237 e. The summed E-state index contributed by atoms with van der Waals surface area (Å²) in [4.78, 5) is 13.0. The van der Waals surface area contributed by atoms with E-state index in [1.165, 1.54) is 59.1 Å². The molecule has 1 amide bonds. The van der Waals surface area contributed by atoms with Gasteiger partial charge in [0.15, 0.2) is 0 Å². The van der Waals surface area contributed by atoms with E-state index in [0.717, 1.165) is 25.1 Å². The Morgan fingerprint density at radius 1 is 1.13 bits per heavy atom. The standard InChI is InChI=1S/C27H39N3O/c1-5-6-7-8-9-21-10-11-25-23(16-21)26(12-13-29-25)30-27(31)24(28)17-22-19(3)14-18(2)15-20(22)4/h10-11,14-16,24,26,29H,5-9,12-13,17,28H2,1-4H3,(H,30,31)/t24-,26-/m0/s1. The van der Waals surface area contributed by atoms with Crippen molar-refractivity contribution in [2.24, 2.45) is 5.73 Å². The van der Waals surface area contributed by atoms with Crippen molar-refractivity contribution >= 4 is 11.6 Å². The van der Waals surface area contributed by atoms with E-state index in [2.05, 4.69) is 68.7 Å². The van der Waals surface area contributed by atoms with Gasteiger partial charge in [0.2, 0.25) is 5.91 Å². The lowest BCUT2D eigenvalue weighted by Crippen LogP contribution is -2.44. The predicted octanol–water partition coefficient (Wildman–Crippen LogP) is 5.28. The van der Waals surface area contributed by atoms with Crippen LogP contribution in [0.15, 0.2) is 30.3 Å². The minimum absolute atomic E-state index is 0.0191. The van der Waals surface area contributed by atoms with Gasteiger partial charge < -0.3 is 16.4 Å². The Labute approximate surface area is 188 Å². The first-order valence-corrected chi connectivity index (χ1v) is 11.9. The average molecular weight is 422 g/mol. The quantitative estimate of drug-likeness (QED) is 0.483. The van der Waals surface area contributed by atoms with Crippen molar-refractivity contribution in [2.75, 3.05) is 11.9 Å². The molecule has 0 aromatic heterocycles. The van der Waals surface area contributed by atoms with Crippen LogP contribution in [0.1, 0.15) is 78.5 Å². The Kier molecular flexibility index (Phi) is 8.14. The molecule has 0 spiro atoms. The van der Waals surface area contributed by atoms with Crippen LogP contribution in [-0.4, -0.2) is 18.5 Å². The number of benzene rings is 2. The summed E-state index contributed by atoms with van der Waals surface area (Å²) >= 11 is 0. The number of carbonyl (C=O) groups is 1. The number of nitrogens with one attached hydrogen (secondary N) is 2. The fraction of sp³-hybridized carbons (Fsp3) is 0.519. The third kappa shape index (κ3) is 6.10. The fourth-order valence-corrected chi connectivity index (χ4v) is 4.75. The Morgan fingerprint density at radius 2 is 1.87 bits per heavy atom. The van der Waals surface area contributed by atoms with E-state index in [0.29, 0.717) is 6.42 Å². The van der Waals surface area contributed by atoms with Crippen LogP contribution in [0.5, 0.6) is 0 Å². The lowest BCUT2D eigenvalue weighted by Gasteiger charge is -2.29. The van der Waals surface area contributed by atoms with Crippen molar-refractivity contribution < 1.29 is 4.79 Å². The maximum atomic E-state index is 13.0. The Hall–Kier alpha value is -2.33. The monoisotopic (exact) mass is 421 g/mol. The van der Waals surface area contributed by atoms with Crippen LogP contribution in [0, 0.1) is 20.8 Å². The van der Waals surface area contributed by atoms with E-state index in [4.69, 9.17) is 5.73 Å². The van der Waals surface area contributed by atoms with E-state index < -0.39 is 6.04 Å². The molecule has 2 atom stereocenters. The fourth-order valence-electron chi connectivity index (χ4n) is 4.75. The highest BCUT2D eigenvalue weighted by Gasteiger charge is 2.25. The number of amides is 1. The molecule has 4 nitrogen and oxygen atoms in total. The third-order valence-electron chi connectivity index (χ3n) is 6.48. The van der Waals surface area contributed by atoms with Gasteiger partial charge in [0, 0.05) is 12.2 Å². The first-order valence-electron chi connectivity index (χ1n) is 11.9. The molecule has 0 aliphatic carbocycles. The summed E-state index contributed by atoms with van der Waals surface area (Å²) in [7, 11) is 0. The summed E-state index contributed by atoms with van der Waals surface area (Å²) in [5.74, 6) is -0.0643. The van der Waals surface area contributed by atoms with Crippen molar-refractivity contribution in [3.8, 4) is 0 Å². The molecule has 3 rings (SSSR count). The molecule has 168 valence electrons. The van der Waals surface area contributed by atoms with Crippen molar-refractivity contribution in [1.29, 1.82) is 0 Å². The Balaban J connectivity index is 1.67. The van der Waals surface area contributed by atoms with Gasteiger partial charge in [-0.3, -0.25) is 4.79 Å². The van der Waals surface area contributed by atoms with Crippen LogP contribution in [-0.2, 0) is 17.6 Å². The molecule has 0 saturated heterocycles. The Morgan fingerprint density at radius 3 is 2.58 bits per heavy atom. The molecular weight excluding hydrogens is 382 g/mol. The van der Waals surface area contributed by atoms with E-state index in [-0.39, 0.29) is 11.9 Å². The molecule has 1 heterocycles. The van der Waals surface area contributed by atoms with Gasteiger partial charge in [-0.1, -0.05) is 56.0 Å². The molecule has 0 radical (unpaired) electrons.